The molecule has 1 aliphatic rings. The van der Waals surface area contributed by atoms with E-state index in [1.165, 1.54) is 7.11 Å². The molecule has 1 fully saturated rings. The number of esters is 1. The van der Waals surface area contributed by atoms with Crippen LogP contribution < -0.4 is 0 Å². The second-order valence-corrected chi connectivity index (χ2v) is 4.23. The fourth-order valence-corrected chi connectivity index (χ4v) is 1.86. The predicted molar refractivity (Wildman–Crippen MR) is 64.4 cm³/mol. The summed E-state index contributed by atoms with van der Waals surface area (Å²) in [6.45, 7) is -0.0704. The van der Waals surface area contributed by atoms with Crippen molar-refractivity contribution in [1.82, 2.24) is 0 Å². The molecule has 0 aromatic heterocycles. The Hall–Kier alpha value is -1.47. The molecule has 0 aliphatic carbocycles. The highest BCUT2D eigenvalue weighted by molar-refractivity contribution is 5.89. The van der Waals surface area contributed by atoms with Gasteiger partial charge in [-0.25, -0.2) is 4.79 Å². The van der Waals surface area contributed by atoms with Crippen molar-refractivity contribution >= 4 is 5.97 Å². The molecule has 1 aromatic rings. The normalized spacial score (nSPS) is 30.9. The third-order valence-corrected chi connectivity index (χ3v) is 2.92. The highest BCUT2D eigenvalue weighted by Gasteiger charge is 2.41. The predicted octanol–water partition coefficient (Wildman–Crippen LogP) is -0.0635. The third-order valence-electron chi connectivity index (χ3n) is 2.92. The van der Waals surface area contributed by atoms with Crippen molar-refractivity contribution in [3.05, 3.63) is 35.9 Å². The van der Waals surface area contributed by atoms with Gasteiger partial charge in [-0.3, -0.25) is 0 Å². The maximum Gasteiger partial charge on any atom is 0.338 e. The lowest BCUT2D eigenvalue weighted by Gasteiger charge is -2.36. The van der Waals surface area contributed by atoms with Crippen LogP contribution >= 0.6 is 0 Å². The van der Waals surface area contributed by atoms with Crippen LogP contribution in [0.25, 0.3) is 0 Å². The average Bonchev–Trinajstić information content (AvgIpc) is 2.45. The third kappa shape index (κ3) is 3.10. The molecule has 6 heteroatoms. The van der Waals surface area contributed by atoms with Gasteiger partial charge in [0.1, 0.15) is 12.2 Å². The van der Waals surface area contributed by atoms with Crippen LogP contribution in [0, 0.1) is 0 Å². The molecule has 0 bridgehead atoms. The number of aliphatic hydroxyl groups is 2. The summed E-state index contributed by atoms with van der Waals surface area (Å²) in [5.41, 5.74) is 0.351. The second kappa shape index (κ2) is 6.12. The van der Waals surface area contributed by atoms with Gasteiger partial charge in [0.2, 0.25) is 0 Å². The Morgan fingerprint density at radius 2 is 2.00 bits per heavy atom. The number of methoxy groups -OCH3 is 1. The fourth-order valence-electron chi connectivity index (χ4n) is 1.86. The van der Waals surface area contributed by atoms with E-state index >= 15 is 0 Å². The molecular formula is C13H16O6. The van der Waals surface area contributed by atoms with Crippen LogP contribution in [0.3, 0.4) is 0 Å². The average molecular weight is 268 g/mol. The summed E-state index contributed by atoms with van der Waals surface area (Å²) in [7, 11) is 1.37. The number of hydrogen-bond donors (Lipinski definition) is 2. The molecule has 0 amide bonds. The molecule has 6 nitrogen and oxygen atoms in total. The van der Waals surface area contributed by atoms with Crippen LogP contribution in [0.15, 0.2) is 30.3 Å². The summed E-state index contributed by atoms with van der Waals surface area (Å²) in [6.07, 6.45) is -4.32. The van der Waals surface area contributed by atoms with Crippen molar-refractivity contribution in [2.45, 2.75) is 24.6 Å². The van der Waals surface area contributed by atoms with Crippen LogP contribution in [0.2, 0.25) is 0 Å². The van der Waals surface area contributed by atoms with E-state index in [1.807, 2.05) is 0 Å². The van der Waals surface area contributed by atoms with E-state index in [0.717, 1.165) is 0 Å². The Bertz CT molecular complexity index is 418. The zero-order valence-electron chi connectivity index (χ0n) is 10.4. The Balaban J connectivity index is 2.08. The standard InChI is InChI=1S/C13H16O6/c1-17-13-11(10(15)9(14)7-18-13)19-12(16)8-5-3-2-4-6-8/h2-6,9-11,13-15H,7H2,1H3/t9-,10-,11+,13+/m0/s1. The first kappa shape index (κ1) is 14.0. The molecule has 4 atom stereocenters. The van der Waals surface area contributed by atoms with Gasteiger partial charge in [0.15, 0.2) is 12.4 Å². The monoisotopic (exact) mass is 268 g/mol. The molecule has 0 spiro atoms. The quantitative estimate of drug-likeness (QED) is 0.747. The molecule has 1 aliphatic heterocycles. The molecule has 1 aromatic carbocycles. The molecule has 104 valence electrons. The minimum Gasteiger partial charge on any atom is -0.450 e. The lowest BCUT2D eigenvalue weighted by molar-refractivity contribution is -0.261. The van der Waals surface area contributed by atoms with E-state index in [9.17, 15) is 15.0 Å². The molecule has 0 saturated carbocycles. The Morgan fingerprint density at radius 1 is 1.32 bits per heavy atom. The minimum absolute atomic E-state index is 0.0704. The van der Waals surface area contributed by atoms with Gasteiger partial charge < -0.3 is 24.4 Å². The summed E-state index contributed by atoms with van der Waals surface area (Å²) in [5, 5.41) is 19.4. The van der Waals surface area contributed by atoms with Crippen LogP contribution in [0.5, 0.6) is 0 Å². The number of rotatable bonds is 3. The number of carbonyl (C=O) groups is 1. The maximum absolute atomic E-state index is 11.9. The zero-order valence-corrected chi connectivity index (χ0v) is 10.4. The smallest absolute Gasteiger partial charge is 0.338 e. The van der Waals surface area contributed by atoms with Gasteiger partial charge in [-0.15, -0.1) is 0 Å². The van der Waals surface area contributed by atoms with Crippen LogP contribution in [-0.2, 0) is 14.2 Å². The van der Waals surface area contributed by atoms with Gasteiger partial charge in [0, 0.05) is 7.11 Å². The maximum atomic E-state index is 11.9. The number of carbonyl (C=O) groups excluding carboxylic acids is 1. The molecule has 1 heterocycles. The number of hydrogen-bond acceptors (Lipinski definition) is 6. The molecule has 2 N–H and O–H groups in total. The lowest BCUT2D eigenvalue weighted by atomic mass is 10.1. The van der Waals surface area contributed by atoms with Gasteiger partial charge in [0.05, 0.1) is 12.2 Å². The zero-order chi connectivity index (χ0) is 13.8. The highest BCUT2D eigenvalue weighted by Crippen LogP contribution is 2.20. The van der Waals surface area contributed by atoms with Gasteiger partial charge >= 0.3 is 5.97 Å². The van der Waals surface area contributed by atoms with Crippen molar-refractivity contribution in [2.24, 2.45) is 0 Å². The fraction of sp³-hybridized carbons (Fsp3) is 0.462. The van der Waals surface area contributed by atoms with Crippen LogP contribution in [0.4, 0.5) is 0 Å². The lowest BCUT2D eigenvalue weighted by Crippen LogP contribution is -2.55. The first-order valence-corrected chi connectivity index (χ1v) is 5.90. The van der Waals surface area contributed by atoms with E-state index < -0.39 is 30.6 Å². The van der Waals surface area contributed by atoms with E-state index in [0.29, 0.717) is 5.56 Å². The van der Waals surface area contributed by atoms with Crippen molar-refractivity contribution in [1.29, 1.82) is 0 Å². The van der Waals surface area contributed by atoms with E-state index in [-0.39, 0.29) is 6.61 Å². The molecule has 1 saturated heterocycles. The minimum atomic E-state index is -1.24. The topological polar surface area (TPSA) is 85.2 Å². The van der Waals surface area contributed by atoms with Crippen LogP contribution in [0.1, 0.15) is 10.4 Å². The number of aliphatic hydroxyl groups excluding tert-OH is 2. The molecule has 0 unspecified atom stereocenters. The molecular weight excluding hydrogens is 252 g/mol. The Morgan fingerprint density at radius 3 is 2.63 bits per heavy atom. The van der Waals surface area contributed by atoms with E-state index in [4.69, 9.17) is 14.2 Å². The summed E-state index contributed by atoms with van der Waals surface area (Å²) in [6, 6.07) is 8.37. The molecule has 19 heavy (non-hydrogen) atoms. The van der Waals surface area contributed by atoms with E-state index in [2.05, 4.69) is 0 Å². The van der Waals surface area contributed by atoms with Crippen molar-refractivity contribution < 1.29 is 29.2 Å². The summed E-state index contributed by atoms with van der Waals surface area (Å²) in [4.78, 5) is 11.9. The number of ether oxygens (including phenoxy) is 3. The Labute approximate surface area is 110 Å². The second-order valence-electron chi connectivity index (χ2n) is 4.23. The number of benzene rings is 1. The summed E-state index contributed by atoms with van der Waals surface area (Å²) >= 11 is 0. The summed E-state index contributed by atoms with van der Waals surface area (Å²) < 4.78 is 15.3. The first-order chi connectivity index (χ1) is 9.13. The SMILES string of the molecule is CO[C@@H]1OC[C@H](O)[C@H](O)[C@H]1OC(=O)c1ccccc1. The van der Waals surface area contributed by atoms with Crippen LogP contribution in [-0.4, -0.2) is 54.5 Å². The van der Waals surface area contributed by atoms with Gasteiger partial charge in [-0.2, -0.15) is 0 Å². The first-order valence-electron chi connectivity index (χ1n) is 5.90. The van der Waals surface area contributed by atoms with Crippen molar-refractivity contribution in [2.75, 3.05) is 13.7 Å². The van der Waals surface area contributed by atoms with E-state index in [1.54, 1.807) is 30.3 Å². The molecule has 0 radical (unpaired) electrons. The highest BCUT2D eigenvalue weighted by atomic mass is 16.7. The Kier molecular flexibility index (Phi) is 4.49. The van der Waals surface area contributed by atoms with Gasteiger partial charge in [-0.05, 0) is 12.1 Å². The molecule has 2 rings (SSSR count). The van der Waals surface area contributed by atoms with Gasteiger partial charge in [-0.1, -0.05) is 18.2 Å². The summed E-state index contributed by atoms with van der Waals surface area (Å²) in [5.74, 6) is -0.607. The van der Waals surface area contributed by atoms with Crippen molar-refractivity contribution in [3.63, 3.8) is 0 Å². The van der Waals surface area contributed by atoms with Gasteiger partial charge in [0.25, 0.3) is 0 Å². The largest absolute Gasteiger partial charge is 0.450 e. The van der Waals surface area contributed by atoms with Crippen molar-refractivity contribution in [3.8, 4) is 0 Å².